The minimum atomic E-state index is -1.02. The Morgan fingerprint density at radius 3 is 2.24 bits per heavy atom. The number of aliphatic carboxylic acids is 1. The number of carbonyl (C=O) groups excluding carboxylic acids is 1. The fourth-order valence-corrected chi connectivity index (χ4v) is 2.16. The van der Waals surface area contributed by atoms with Crippen molar-refractivity contribution in [2.45, 2.75) is 39.3 Å². The Hall–Kier alpha value is -1.56. The normalized spacial score (nSPS) is 14.9. The van der Waals surface area contributed by atoms with Crippen LogP contribution in [-0.4, -0.2) is 23.1 Å². The molecule has 2 amide bonds. The Morgan fingerprint density at radius 2 is 1.76 bits per heavy atom. The molecule has 1 unspecified atom stereocenters. The summed E-state index contributed by atoms with van der Waals surface area (Å²) < 4.78 is 0.964. The van der Waals surface area contributed by atoms with E-state index in [1.54, 1.807) is 6.92 Å². The number of amides is 2. The number of benzene rings is 1. The van der Waals surface area contributed by atoms with Gasteiger partial charge >= 0.3 is 12.0 Å². The number of halogens is 1. The van der Waals surface area contributed by atoms with Crippen LogP contribution in [0.2, 0.25) is 0 Å². The van der Waals surface area contributed by atoms with Crippen molar-refractivity contribution >= 4 is 27.9 Å². The smallest absolute Gasteiger partial charge is 0.326 e. The molecule has 5 nitrogen and oxygen atoms in total. The van der Waals surface area contributed by atoms with Crippen LogP contribution in [0.5, 0.6) is 0 Å². The predicted molar refractivity (Wildman–Crippen MR) is 85.1 cm³/mol. The van der Waals surface area contributed by atoms with Gasteiger partial charge in [-0.15, -0.1) is 0 Å². The highest BCUT2D eigenvalue weighted by atomic mass is 79.9. The van der Waals surface area contributed by atoms with Gasteiger partial charge in [0.05, 0.1) is 6.04 Å². The molecule has 0 radical (unpaired) electrons. The molecule has 0 heterocycles. The highest BCUT2D eigenvalue weighted by Crippen LogP contribution is 2.16. The zero-order chi connectivity index (χ0) is 16.0. The Labute approximate surface area is 133 Å². The van der Waals surface area contributed by atoms with Gasteiger partial charge in [-0.25, -0.2) is 9.59 Å². The Bertz CT molecular complexity index is 490. The summed E-state index contributed by atoms with van der Waals surface area (Å²) in [6.45, 7) is 5.55. The topological polar surface area (TPSA) is 78.4 Å². The Kier molecular flexibility index (Phi) is 6.68. The van der Waals surface area contributed by atoms with Gasteiger partial charge in [-0.05, 0) is 30.5 Å². The summed E-state index contributed by atoms with van der Waals surface area (Å²) in [6, 6.07) is 6.03. The van der Waals surface area contributed by atoms with Gasteiger partial charge in [0.15, 0.2) is 0 Å². The third kappa shape index (κ3) is 5.38. The van der Waals surface area contributed by atoms with Crippen LogP contribution in [-0.2, 0) is 4.79 Å². The molecule has 6 heteroatoms. The molecule has 0 spiro atoms. The summed E-state index contributed by atoms with van der Waals surface area (Å²) in [5.74, 6) is -1.15. The van der Waals surface area contributed by atoms with Crippen molar-refractivity contribution in [2.75, 3.05) is 0 Å². The molecule has 0 aliphatic heterocycles. The number of carboxylic acid groups (broad SMARTS) is 1. The molecule has 0 fully saturated rings. The van der Waals surface area contributed by atoms with E-state index in [1.165, 1.54) is 0 Å². The number of urea groups is 1. The van der Waals surface area contributed by atoms with Crippen molar-refractivity contribution in [1.29, 1.82) is 0 Å². The summed E-state index contributed by atoms with van der Waals surface area (Å²) in [5, 5.41) is 14.4. The lowest BCUT2D eigenvalue weighted by atomic mass is 9.99. The molecule has 3 N–H and O–H groups in total. The largest absolute Gasteiger partial charge is 0.480 e. The van der Waals surface area contributed by atoms with Crippen LogP contribution in [0.3, 0.4) is 0 Å². The molecule has 0 aromatic heterocycles. The first-order valence-electron chi connectivity index (χ1n) is 6.90. The minimum absolute atomic E-state index is 0.128. The lowest BCUT2D eigenvalue weighted by Gasteiger charge is -2.22. The number of hydrogen-bond acceptors (Lipinski definition) is 2. The molecule has 1 aromatic carbocycles. The summed E-state index contributed by atoms with van der Waals surface area (Å²) in [7, 11) is 0. The second kappa shape index (κ2) is 8.02. The van der Waals surface area contributed by atoms with Crippen molar-refractivity contribution in [2.24, 2.45) is 5.92 Å². The zero-order valence-corrected chi connectivity index (χ0v) is 14.0. The van der Waals surface area contributed by atoms with E-state index in [9.17, 15) is 9.59 Å². The van der Waals surface area contributed by atoms with Crippen molar-refractivity contribution in [3.63, 3.8) is 0 Å². The van der Waals surface area contributed by atoms with Crippen LogP contribution in [0.25, 0.3) is 0 Å². The second-order valence-corrected chi connectivity index (χ2v) is 6.01. The fourth-order valence-electron chi connectivity index (χ4n) is 1.90. The SMILES string of the molecule is CC[C@H](C)[C@H](NC(=O)NC(C)c1ccc(Br)cc1)C(=O)O. The third-order valence-corrected chi connectivity index (χ3v) is 4.01. The van der Waals surface area contributed by atoms with Crippen molar-refractivity contribution in [1.82, 2.24) is 10.6 Å². The first kappa shape index (κ1) is 17.5. The Balaban J connectivity index is 2.63. The van der Waals surface area contributed by atoms with E-state index >= 15 is 0 Å². The molecule has 0 bridgehead atoms. The minimum Gasteiger partial charge on any atom is -0.480 e. The molecule has 1 aromatic rings. The highest BCUT2D eigenvalue weighted by molar-refractivity contribution is 9.10. The molecule has 116 valence electrons. The molecule has 21 heavy (non-hydrogen) atoms. The van der Waals surface area contributed by atoms with Gasteiger partial charge in [0, 0.05) is 4.47 Å². The second-order valence-electron chi connectivity index (χ2n) is 5.09. The van der Waals surface area contributed by atoms with Crippen LogP contribution in [0.15, 0.2) is 28.7 Å². The summed E-state index contributed by atoms with van der Waals surface area (Å²) in [5.41, 5.74) is 0.948. The first-order chi connectivity index (χ1) is 9.85. The predicted octanol–water partition coefficient (Wildman–Crippen LogP) is 3.31. The van der Waals surface area contributed by atoms with E-state index in [-0.39, 0.29) is 12.0 Å². The average molecular weight is 357 g/mol. The molecule has 0 aliphatic carbocycles. The molecule has 0 saturated carbocycles. The van der Waals surface area contributed by atoms with Gasteiger partial charge in [-0.2, -0.15) is 0 Å². The lowest BCUT2D eigenvalue weighted by molar-refractivity contribution is -0.140. The van der Waals surface area contributed by atoms with Crippen molar-refractivity contribution in [3.8, 4) is 0 Å². The van der Waals surface area contributed by atoms with Crippen LogP contribution in [0, 0.1) is 5.92 Å². The van der Waals surface area contributed by atoms with Crippen LogP contribution in [0.4, 0.5) is 4.79 Å². The maximum atomic E-state index is 11.9. The molecule has 3 atom stereocenters. The third-order valence-electron chi connectivity index (χ3n) is 3.48. The Morgan fingerprint density at radius 1 is 1.19 bits per heavy atom. The van der Waals surface area contributed by atoms with E-state index in [1.807, 2.05) is 38.1 Å². The maximum absolute atomic E-state index is 11.9. The quantitative estimate of drug-likeness (QED) is 0.731. The van der Waals surface area contributed by atoms with Crippen LogP contribution >= 0.6 is 15.9 Å². The van der Waals surface area contributed by atoms with Gasteiger partial charge in [-0.1, -0.05) is 48.3 Å². The number of carboxylic acids is 1. The molecule has 0 saturated heterocycles. The van der Waals surface area contributed by atoms with E-state index in [2.05, 4.69) is 26.6 Å². The average Bonchev–Trinajstić information content (AvgIpc) is 2.44. The summed E-state index contributed by atoms with van der Waals surface area (Å²) in [4.78, 5) is 23.1. The van der Waals surface area contributed by atoms with Gasteiger partial charge in [0.2, 0.25) is 0 Å². The maximum Gasteiger partial charge on any atom is 0.326 e. The van der Waals surface area contributed by atoms with Gasteiger partial charge < -0.3 is 15.7 Å². The molecular weight excluding hydrogens is 336 g/mol. The highest BCUT2D eigenvalue weighted by Gasteiger charge is 2.25. The number of rotatable bonds is 6. The van der Waals surface area contributed by atoms with Crippen molar-refractivity contribution < 1.29 is 14.7 Å². The number of nitrogens with one attached hydrogen (secondary N) is 2. The van der Waals surface area contributed by atoms with Crippen LogP contribution in [0.1, 0.15) is 38.8 Å². The van der Waals surface area contributed by atoms with Crippen molar-refractivity contribution in [3.05, 3.63) is 34.3 Å². The summed E-state index contributed by atoms with van der Waals surface area (Å²) >= 11 is 3.35. The zero-order valence-electron chi connectivity index (χ0n) is 12.4. The number of hydrogen-bond donors (Lipinski definition) is 3. The van der Waals surface area contributed by atoms with Gasteiger partial charge in [0.25, 0.3) is 0 Å². The van der Waals surface area contributed by atoms with E-state index in [0.29, 0.717) is 6.42 Å². The first-order valence-corrected chi connectivity index (χ1v) is 7.69. The number of carbonyl (C=O) groups is 2. The molecule has 1 rings (SSSR count). The summed E-state index contributed by atoms with van der Waals surface area (Å²) in [6.07, 6.45) is 0.680. The van der Waals surface area contributed by atoms with E-state index in [4.69, 9.17) is 5.11 Å². The standard InChI is InChI=1S/C15H21BrN2O3/c1-4-9(2)13(14(19)20)18-15(21)17-10(3)11-5-7-12(16)8-6-11/h5-10,13H,4H2,1-3H3,(H,19,20)(H2,17,18,21)/t9-,10?,13-/m0/s1. The lowest BCUT2D eigenvalue weighted by Crippen LogP contribution is -2.49. The van der Waals surface area contributed by atoms with Gasteiger partial charge in [0.1, 0.15) is 6.04 Å². The monoisotopic (exact) mass is 356 g/mol. The van der Waals surface area contributed by atoms with E-state index < -0.39 is 18.0 Å². The van der Waals surface area contributed by atoms with E-state index in [0.717, 1.165) is 10.0 Å². The van der Waals surface area contributed by atoms with Gasteiger partial charge in [-0.3, -0.25) is 0 Å². The molecular formula is C15H21BrN2O3. The fraction of sp³-hybridized carbons (Fsp3) is 0.467. The van der Waals surface area contributed by atoms with Crippen LogP contribution < -0.4 is 10.6 Å². The molecule has 0 aliphatic rings.